The van der Waals surface area contributed by atoms with Gasteiger partial charge in [0.2, 0.25) is 10.0 Å². The standard InChI is InChI=1S/C13H16N2O3S2/c1-15(9-10-4-3-7-19-10)20(16,17)11-5-6-13(18-2)12(14)8-11/h3-8H,9,14H2,1-2H3. The number of nitrogen functional groups attached to an aromatic ring is 1. The van der Waals surface area contributed by atoms with Crippen LogP contribution in [0.25, 0.3) is 0 Å². The van der Waals surface area contributed by atoms with Gasteiger partial charge in [-0.3, -0.25) is 0 Å². The van der Waals surface area contributed by atoms with Crippen molar-refractivity contribution in [3.63, 3.8) is 0 Å². The lowest BCUT2D eigenvalue weighted by Crippen LogP contribution is -2.26. The Bertz CT molecular complexity index is 682. The first-order chi connectivity index (χ1) is 9.45. The van der Waals surface area contributed by atoms with Crippen molar-refractivity contribution in [1.29, 1.82) is 0 Å². The van der Waals surface area contributed by atoms with E-state index < -0.39 is 10.0 Å². The second kappa shape index (κ2) is 5.82. The molecule has 0 saturated heterocycles. The highest BCUT2D eigenvalue weighted by Crippen LogP contribution is 2.26. The van der Waals surface area contributed by atoms with Crippen molar-refractivity contribution in [3.05, 3.63) is 40.6 Å². The van der Waals surface area contributed by atoms with E-state index >= 15 is 0 Å². The Balaban J connectivity index is 2.27. The number of nitrogens with two attached hydrogens (primary N) is 1. The van der Waals surface area contributed by atoms with Crippen LogP contribution in [0.1, 0.15) is 4.88 Å². The van der Waals surface area contributed by atoms with Crippen molar-refractivity contribution in [2.75, 3.05) is 19.9 Å². The van der Waals surface area contributed by atoms with E-state index in [9.17, 15) is 8.42 Å². The minimum absolute atomic E-state index is 0.162. The predicted octanol–water partition coefficient (Wildman–Crippen LogP) is 2.16. The Morgan fingerprint density at radius 3 is 2.65 bits per heavy atom. The first-order valence-corrected chi connectivity index (χ1v) is 8.19. The molecule has 0 atom stereocenters. The van der Waals surface area contributed by atoms with Crippen LogP contribution in [0, 0.1) is 0 Å². The lowest BCUT2D eigenvalue weighted by molar-refractivity contribution is 0.416. The normalized spacial score (nSPS) is 11.8. The fourth-order valence-electron chi connectivity index (χ4n) is 1.76. The molecule has 2 N–H and O–H groups in total. The summed E-state index contributed by atoms with van der Waals surface area (Å²) in [5.74, 6) is 0.463. The van der Waals surface area contributed by atoms with Crippen LogP contribution in [0.4, 0.5) is 5.69 Å². The van der Waals surface area contributed by atoms with Gasteiger partial charge in [0.25, 0.3) is 0 Å². The van der Waals surface area contributed by atoms with Gasteiger partial charge in [0, 0.05) is 18.5 Å². The number of rotatable bonds is 5. The lowest BCUT2D eigenvalue weighted by Gasteiger charge is -2.17. The third-order valence-electron chi connectivity index (χ3n) is 2.87. The molecule has 0 radical (unpaired) electrons. The lowest BCUT2D eigenvalue weighted by atomic mass is 10.3. The van der Waals surface area contributed by atoms with Crippen molar-refractivity contribution in [1.82, 2.24) is 4.31 Å². The molecule has 0 aliphatic carbocycles. The number of nitrogens with zero attached hydrogens (tertiary/aromatic N) is 1. The summed E-state index contributed by atoms with van der Waals surface area (Å²) in [6.45, 7) is 0.339. The maximum Gasteiger partial charge on any atom is 0.243 e. The molecule has 2 rings (SSSR count). The number of sulfonamides is 1. The average Bonchev–Trinajstić information content (AvgIpc) is 2.91. The molecule has 0 spiro atoms. The smallest absolute Gasteiger partial charge is 0.243 e. The van der Waals surface area contributed by atoms with Crippen LogP contribution in [-0.4, -0.2) is 26.9 Å². The van der Waals surface area contributed by atoms with Gasteiger partial charge in [-0.1, -0.05) is 6.07 Å². The highest BCUT2D eigenvalue weighted by molar-refractivity contribution is 7.89. The Morgan fingerprint density at radius 2 is 2.10 bits per heavy atom. The predicted molar refractivity (Wildman–Crippen MR) is 80.4 cm³/mol. The van der Waals surface area contributed by atoms with E-state index in [1.54, 1.807) is 13.1 Å². The van der Waals surface area contributed by atoms with Crippen molar-refractivity contribution >= 4 is 27.0 Å². The number of anilines is 1. The van der Waals surface area contributed by atoms with Gasteiger partial charge in [0.05, 0.1) is 17.7 Å². The summed E-state index contributed by atoms with van der Waals surface area (Å²) in [5.41, 5.74) is 6.06. The van der Waals surface area contributed by atoms with Gasteiger partial charge < -0.3 is 10.5 Å². The number of hydrogen-bond acceptors (Lipinski definition) is 5. The molecule has 0 aliphatic heterocycles. The summed E-state index contributed by atoms with van der Waals surface area (Å²) in [7, 11) is -0.518. The fourth-order valence-corrected chi connectivity index (χ4v) is 3.78. The number of ether oxygens (including phenoxy) is 1. The SMILES string of the molecule is COc1ccc(S(=O)(=O)N(C)Cc2cccs2)cc1N. The minimum atomic E-state index is -3.56. The molecule has 108 valence electrons. The van der Waals surface area contributed by atoms with Gasteiger partial charge in [0.1, 0.15) is 5.75 Å². The topological polar surface area (TPSA) is 72.6 Å². The Hall–Kier alpha value is -1.57. The maximum atomic E-state index is 12.4. The van der Waals surface area contributed by atoms with Crippen LogP contribution in [0.15, 0.2) is 40.6 Å². The van der Waals surface area contributed by atoms with E-state index in [0.717, 1.165) is 4.88 Å². The molecule has 1 aromatic heterocycles. The first kappa shape index (κ1) is 14.8. The molecule has 0 amide bonds. The van der Waals surface area contributed by atoms with E-state index in [-0.39, 0.29) is 4.90 Å². The maximum absolute atomic E-state index is 12.4. The largest absolute Gasteiger partial charge is 0.495 e. The summed E-state index contributed by atoms with van der Waals surface area (Å²) in [6, 6.07) is 8.26. The van der Waals surface area contributed by atoms with Crippen LogP contribution in [-0.2, 0) is 16.6 Å². The van der Waals surface area contributed by atoms with E-state index in [0.29, 0.717) is 18.0 Å². The van der Waals surface area contributed by atoms with Gasteiger partial charge in [-0.2, -0.15) is 4.31 Å². The van der Waals surface area contributed by atoms with E-state index in [4.69, 9.17) is 10.5 Å². The van der Waals surface area contributed by atoms with E-state index in [1.165, 1.54) is 34.9 Å². The summed E-state index contributed by atoms with van der Waals surface area (Å²) in [5, 5.41) is 1.92. The van der Waals surface area contributed by atoms with Crippen LogP contribution >= 0.6 is 11.3 Å². The summed E-state index contributed by atoms with van der Waals surface area (Å²) < 4.78 is 31.2. The van der Waals surface area contributed by atoms with Crippen LogP contribution in [0.2, 0.25) is 0 Å². The zero-order valence-electron chi connectivity index (χ0n) is 11.2. The summed E-state index contributed by atoms with van der Waals surface area (Å²) >= 11 is 1.52. The van der Waals surface area contributed by atoms with Crippen LogP contribution in [0.3, 0.4) is 0 Å². The summed E-state index contributed by atoms with van der Waals surface area (Å²) in [4.78, 5) is 1.15. The quantitative estimate of drug-likeness (QED) is 0.859. The van der Waals surface area contributed by atoms with Crippen molar-refractivity contribution in [3.8, 4) is 5.75 Å². The van der Waals surface area contributed by atoms with Crippen LogP contribution in [0.5, 0.6) is 5.75 Å². The molecule has 0 unspecified atom stereocenters. The van der Waals surface area contributed by atoms with Gasteiger partial charge in [-0.15, -0.1) is 11.3 Å². The molecule has 1 heterocycles. The monoisotopic (exact) mass is 312 g/mol. The highest BCUT2D eigenvalue weighted by Gasteiger charge is 2.22. The fraction of sp³-hybridized carbons (Fsp3) is 0.231. The van der Waals surface area contributed by atoms with Crippen molar-refractivity contribution in [2.24, 2.45) is 0 Å². The van der Waals surface area contributed by atoms with E-state index in [2.05, 4.69) is 0 Å². The molecule has 0 fully saturated rings. The van der Waals surface area contributed by atoms with Crippen LogP contribution < -0.4 is 10.5 Å². The molecule has 7 heteroatoms. The average molecular weight is 312 g/mol. The van der Waals surface area contributed by atoms with E-state index in [1.807, 2.05) is 17.5 Å². The Labute approximate surface area is 122 Å². The zero-order valence-corrected chi connectivity index (χ0v) is 12.9. The Morgan fingerprint density at radius 1 is 1.35 bits per heavy atom. The Kier molecular flexibility index (Phi) is 4.32. The number of methoxy groups -OCH3 is 1. The molecular weight excluding hydrogens is 296 g/mol. The molecule has 2 aromatic rings. The number of hydrogen-bond donors (Lipinski definition) is 1. The van der Waals surface area contributed by atoms with Gasteiger partial charge in [0.15, 0.2) is 0 Å². The molecule has 0 saturated carbocycles. The molecule has 0 aliphatic rings. The number of thiophene rings is 1. The third kappa shape index (κ3) is 2.95. The van der Waals surface area contributed by atoms with Gasteiger partial charge >= 0.3 is 0 Å². The molecule has 0 bridgehead atoms. The minimum Gasteiger partial charge on any atom is -0.495 e. The molecule has 20 heavy (non-hydrogen) atoms. The molecule has 5 nitrogen and oxygen atoms in total. The van der Waals surface area contributed by atoms with Gasteiger partial charge in [-0.25, -0.2) is 8.42 Å². The summed E-state index contributed by atoms with van der Waals surface area (Å²) in [6.07, 6.45) is 0. The highest BCUT2D eigenvalue weighted by atomic mass is 32.2. The zero-order chi connectivity index (χ0) is 14.8. The second-order valence-corrected chi connectivity index (χ2v) is 7.32. The van der Waals surface area contributed by atoms with Crippen molar-refractivity contribution < 1.29 is 13.2 Å². The number of benzene rings is 1. The third-order valence-corrected chi connectivity index (χ3v) is 5.53. The van der Waals surface area contributed by atoms with Gasteiger partial charge in [-0.05, 0) is 29.6 Å². The second-order valence-electron chi connectivity index (χ2n) is 4.24. The molecular formula is C13H16N2O3S2. The molecule has 1 aromatic carbocycles. The van der Waals surface area contributed by atoms with Crippen molar-refractivity contribution in [2.45, 2.75) is 11.4 Å². The first-order valence-electron chi connectivity index (χ1n) is 5.87.